The lowest BCUT2D eigenvalue weighted by Gasteiger charge is -2.37. The number of carbonyl (C=O) groups excluding carboxylic acids is 1. The van der Waals surface area contributed by atoms with Crippen LogP contribution < -0.4 is 10.5 Å². The highest BCUT2D eigenvalue weighted by atomic mass is 19.3. The number of amides is 1. The Kier molecular flexibility index (Phi) is 4.06. The lowest BCUT2D eigenvalue weighted by molar-refractivity contribution is -0.0590. The first-order valence-electron chi connectivity index (χ1n) is 13.3. The first kappa shape index (κ1) is 19.3. The third-order valence-corrected chi connectivity index (χ3v) is 7.48. The van der Waals surface area contributed by atoms with Crippen LogP contribution in [0.15, 0.2) is 54.7 Å². The Morgan fingerprint density at radius 1 is 1.19 bits per heavy atom. The molecule has 2 bridgehead atoms. The lowest BCUT2D eigenvalue weighted by Crippen LogP contribution is -2.54. The number of imidazole rings is 1. The van der Waals surface area contributed by atoms with Gasteiger partial charge >= 0.3 is 6.61 Å². The molecule has 2 atom stereocenters. The molecule has 5 heterocycles. The van der Waals surface area contributed by atoms with Crippen LogP contribution in [0.3, 0.4) is 0 Å². The summed E-state index contributed by atoms with van der Waals surface area (Å²) in [5, 5.41) is 0. The van der Waals surface area contributed by atoms with Crippen LogP contribution in [0.2, 0.25) is 0 Å². The van der Waals surface area contributed by atoms with E-state index in [1.54, 1.807) is 6.20 Å². The van der Waals surface area contributed by atoms with Gasteiger partial charge in [0.05, 0.1) is 42.0 Å². The summed E-state index contributed by atoms with van der Waals surface area (Å²) in [6, 6.07) is 12.1. The first-order chi connectivity index (χ1) is 19.0. The maximum absolute atomic E-state index is 13.6. The Hall–Kier alpha value is -3.89. The fraction of sp³-hybridized carbons (Fsp3) is 0.296. The zero-order chi connectivity index (χ0) is 28.0. The van der Waals surface area contributed by atoms with Gasteiger partial charge in [0.25, 0.3) is 5.91 Å². The second-order valence-corrected chi connectivity index (χ2v) is 9.66. The van der Waals surface area contributed by atoms with E-state index in [4.69, 9.17) is 24.3 Å². The highest BCUT2D eigenvalue weighted by Crippen LogP contribution is 2.50. The molecule has 0 radical (unpaired) electrons. The van der Waals surface area contributed by atoms with Gasteiger partial charge in [0.1, 0.15) is 17.1 Å². The fourth-order valence-electron chi connectivity index (χ4n) is 5.62. The van der Waals surface area contributed by atoms with Crippen LogP contribution >= 0.6 is 0 Å². The normalized spacial score (nSPS) is 23.1. The summed E-state index contributed by atoms with van der Waals surface area (Å²) in [5.74, 6) is -0.567. The van der Waals surface area contributed by atoms with Crippen molar-refractivity contribution in [3.63, 3.8) is 0 Å². The Labute approximate surface area is 214 Å². The molecule has 0 saturated carbocycles. The molecule has 3 aliphatic heterocycles. The van der Waals surface area contributed by atoms with E-state index >= 15 is 0 Å². The van der Waals surface area contributed by atoms with Gasteiger partial charge in [-0.2, -0.15) is 8.78 Å². The minimum Gasteiger partial charge on any atom is -0.434 e. The molecule has 8 nitrogen and oxygen atoms in total. The van der Waals surface area contributed by atoms with Crippen molar-refractivity contribution >= 4 is 16.9 Å². The van der Waals surface area contributed by atoms with Gasteiger partial charge in [-0.05, 0) is 35.9 Å². The van der Waals surface area contributed by atoms with Crippen molar-refractivity contribution in [2.45, 2.75) is 30.7 Å². The van der Waals surface area contributed by atoms with Gasteiger partial charge in [-0.3, -0.25) is 9.78 Å². The molecule has 3 aliphatic rings. The van der Waals surface area contributed by atoms with Crippen molar-refractivity contribution < 1.29 is 27.2 Å². The second kappa shape index (κ2) is 7.80. The van der Waals surface area contributed by atoms with Crippen molar-refractivity contribution in [2.24, 2.45) is 5.73 Å². The van der Waals surface area contributed by atoms with Crippen molar-refractivity contribution in [2.75, 3.05) is 20.2 Å². The molecule has 0 unspecified atom stereocenters. The molecule has 0 aliphatic carbocycles. The predicted molar refractivity (Wildman–Crippen MR) is 130 cm³/mol. The molecule has 0 spiro atoms. The summed E-state index contributed by atoms with van der Waals surface area (Å²) in [6.07, 6.45) is 1.88. The number of alkyl halides is 2. The summed E-state index contributed by atoms with van der Waals surface area (Å²) in [5.41, 5.74) is 9.58. The van der Waals surface area contributed by atoms with E-state index in [0.29, 0.717) is 30.1 Å². The second-order valence-electron chi connectivity index (χ2n) is 9.66. The maximum atomic E-state index is 13.6. The SMILES string of the molecule is [2H]C([2H])([2H])N1C(=O)c2cccc(OC(F)F)c2[C@H]2C[C@@H]1c1nc3ccc(-c4ccc(C5(N)COC5)nc4)cc3n12. The number of benzene rings is 2. The topological polar surface area (TPSA) is 95.5 Å². The van der Waals surface area contributed by atoms with Gasteiger partial charge in [-0.1, -0.05) is 18.2 Å². The minimum atomic E-state index is -3.12. The first-order valence-corrected chi connectivity index (χ1v) is 11.8. The molecule has 7 rings (SSSR count). The Balaban J connectivity index is 1.40. The zero-order valence-electron chi connectivity index (χ0n) is 22.4. The third kappa shape index (κ3) is 3.22. The van der Waals surface area contributed by atoms with Crippen LogP contribution in [0.1, 0.15) is 50.1 Å². The number of aromatic nitrogens is 3. The van der Waals surface area contributed by atoms with Crippen molar-refractivity contribution in [3.05, 3.63) is 77.4 Å². The molecule has 188 valence electrons. The lowest BCUT2D eigenvalue weighted by atomic mass is 9.93. The van der Waals surface area contributed by atoms with Crippen molar-refractivity contribution in [1.82, 2.24) is 19.4 Å². The van der Waals surface area contributed by atoms with Crippen LogP contribution in [-0.4, -0.2) is 52.1 Å². The Morgan fingerprint density at radius 3 is 2.73 bits per heavy atom. The number of nitrogens with two attached hydrogens (primary N) is 1. The highest BCUT2D eigenvalue weighted by Gasteiger charge is 2.45. The molecule has 4 aromatic rings. The van der Waals surface area contributed by atoms with Crippen molar-refractivity contribution in [1.29, 1.82) is 0 Å². The summed E-state index contributed by atoms with van der Waals surface area (Å²) < 4.78 is 63.2. The average molecular weight is 507 g/mol. The largest absolute Gasteiger partial charge is 0.434 e. The number of fused-ring (bicyclic) bond motifs is 9. The van der Waals surface area contributed by atoms with E-state index in [-0.39, 0.29) is 23.3 Å². The monoisotopic (exact) mass is 506 g/mol. The highest BCUT2D eigenvalue weighted by molar-refractivity contribution is 5.98. The van der Waals surface area contributed by atoms with Gasteiger partial charge < -0.3 is 24.7 Å². The molecular weight excluding hydrogens is 480 g/mol. The Bertz CT molecular complexity index is 1670. The standard InChI is InChI=1S/C27H23F2N5O3/c1-33-20-10-19(23-16(25(33)35)3-2-4-21(23)37-26(28)29)34-18-9-14(5-7-17(18)32-24(20)34)15-6-8-22(31-11-15)27(30)12-36-13-27/h2-9,11,19-20,26H,10,12-13,30H2,1H3/t19-,20-/m1/s1/i1D3. The smallest absolute Gasteiger partial charge is 0.387 e. The number of rotatable bonds is 4. The van der Waals surface area contributed by atoms with E-state index in [9.17, 15) is 13.6 Å². The molecule has 10 heteroatoms. The number of pyridine rings is 1. The Morgan fingerprint density at radius 2 is 2.03 bits per heavy atom. The summed E-state index contributed by atoms with van der Waals surface area (Å²) >= 11 is 0. The van der Waals surface area contributed by atoms with E-state index < -0.39 is 37.1 Å². The van der Waals surface area contributed by atoms with Gasteiger partial charge in [0.2, 0.25) is 0 Å². The third-order valence-electron chi connectivity index (χ3n) is 7.48. The molecule has 1 fully saturated rings. The van der Waals surface area contributed by atoms with E-state index in [1.165, 1.54) is 18.2 Å². The van der Waals surface area contributed by atoms with Gasteiger partial charge in [-0.15, -0.1) is 0 Å². The molecule has 1 saturated heterocycles. The summed E-state index contributed by atoms with van der Waals surface area (Å²) in [4.78, 5) is 23.7. The zero-order valence-corrected chi connectivity index (χ0v) is 19.4. The van der Waals surface area contributed by atoms with E-state index in [0.717, 1.165) is 21.7 Å². The summed E-state index contributed by atoms with van der Waals surface area (Å²) in [7, 11) is 0. The van der Waals surface area contributed by atoms with Crippen molar-refractivity contribution in [3.8, 4) is 16.9 Å². The molecule has 2 aromatic carbocycles. The number of nitrogens with zero attached hydrogens (tertiary/aromatic N) is 4. The van der Waals surface area contributed by atoms with Gasteiger partial charge in [0, 0.05) is 40.4 Å². The molecule has 2 aromatic heterocycles. The fourth-order valence-corrected chi connectivity index (χ4v) is 5.62. The predicted octanol–water partition coefficient (Wildman–Crippen LogP) is 4.00. The van der Waals surface area contributed by atoms with Crippen LogP contribution in [0.5, 0.6) is 5.75 Å². The molecular formula is C27H23F2N5O3. The number of hydrogen-bond acceptors (Lipinski definition) is 6. The van der Waals surface area contributed by atoms with E-state index in [2.05, 4.69) is 4.98 Å². The van der Waals surface area contributed by atoms with Crippen LogP contribution in [0.4, 0.5) is 8.78 Å². The number of carbonyl (C=O) groups is 1. The molecule has 1 amide bonds. The van der Waals surface area contributed by atoms with Crippen LogP contribution in [0, 0.1) is 0 Å². The van der Waals surface area contributed by atoms with Gasteiger partial charge in [-0.25, -0.2) is 4.98 Å². The number of halogens is 2. The van der Waals surface area contributed by atoms with E-state index in [1.807, 2.05) is 34.9 Å². The maximum Gasteiger partial charge on any atom is 0.387 e. The average Bonchev–Trinajstić information content (AvgIpc) is 3.39. The summed E-state index contributed by atoms with van der Waals surface area (Å²) in [6.45, 7) is -5.10. The molecule has 2 N–H and O–H groups in total. The van der Waals surface area contributed by atoms with Crippen LogP contribution in [0.25, 0.3) is 22.2 Å². The number of ether oxygens (including phenoxy) is 2. The molecule has 37 heavy (non-hydrogen) atoms. The van der Waals surface area contributed by atoms with Gasteiger partial charge in [0.15, 0.2) is 0 Å². The quantitative estimate of drug-likeness (QED) is 0.450. The van der Waals surface area contributed by atoms with Crippen LogP contribution in [-0.2, 0) is 10.3 Å². The number of hydrogen-bond donors (Lipinski definition) is 1. The minimum absolute atomic E-state index is 0.0147.